The van der Waals surface area contributed by atoms with Gasteiger partial charge in [-0.2, -0.15) is 5.10 Å². The van der Waals surface area contributed by atoms with Crippen molar-refractivity contribution in [1.29, 1.82) is 0 Å². The number of anilines is 1. The Balaban J connectivity index is 2.09. The minimum absolute atomic E-state index is 0.328. The van der Waals surface area contributed by atoms with Gasteiger partial charge in [-0.15, -0.1) is 0 Å². The van der Waals surface area contributed by atoms with Crippen LogP contribution in [0, 0.1) is 0 Å². The van der Waals surface area contributed by atoms with Gasteiger partial charge in [0, 0.05) is 13.2 Å². The lowest BCUT2D eigenvalue weighted by atomic mass is 10.2. The molecule has 1 N–H and O–H groups in total. The molecule has 2 rings (SSSR count). The lowest BCUT2D eigenvalue weighted by Crippen LogP contribution is -2.11. The Labute approximate surface area is 110 Å². The maximum atomic E-state index is 11.7. The van der Waals surface area contributed by atoms with Crippen molar-refractivity contribution in [2.24, 2.45) is 7.05 Å². The Morgan fingerprint density at radius 2 is 2.32 bits per heavy atom. The van der Waals surface area contributed by atoms with E-state index in [0.29, 0.717) is 30.4 Å². The van der Waals surface area contributed by atoms with Gasteiger partial charge in [-0.3, -0.25) is 4.68 Å². The number of nitrogens with one attached hydrogen (secondary N) is 1. The number of hydrogen-bond acceptors (Lipinski definition) is 6. The minimum atomic E-state index is -0.396. The van der Waals surface area contributed by atoms with Crippen LogP contribution in [-0.2, 0) is 18.3 Å². The van der Waals surface area contributed by atoms with Gasteiger partial charge < -0.3 is 10.1 Å². The molecule has 0 saturated carbocycles. The van der Waals surface area contributed by atoms with Gasteiger partial charge in [-0.1, -0.05) is 0 Å². The third-order valence-electron chi connectivity index (χ3n) is 2.36. The largest absolute Gasteiger partial charge is 0.462 e. The third-order valence-corrected chi connectivity index (χ3v) is 2.36. The van der Waals surface area contributed by atoms with Crippen molar-refractivity contribution >= 4 is 11.8 Å². The van der Waals surface area contributed by atoms with Gasteiger partial charge in [0.1, 0.15) is 17.7 Å². The molecule has 2 aromatic rings. The molecular formula is C12H15N5O2. The van der Waals surface area contributed by atoms with Crippen LogP contribution in [0.25, 0.3) is 0 Å². The van der Waals surface area contributed by atoms with Gasteiger partial charge in [0.15, 0.2) is 5.82 Å². The van der Waals surface area contributed by atoms with E-state index in [4.69, 9.17) is 4.74 Å². The van der Waals surface area contributed by atoms with Crippen LogP contribution in [0.2, 0.25) is 0 Å². The maximum absolute atomic E-state index is 11.7. The van der Waals surface area contributed by atoms with E-state index in [1.165, 1.54) is 0 Å². The number of rotatable bonds is 5. The van der Waals surface area contributed by atoms with Gasteiger partial charge in [-0.25, -0.2) is 14.8 Å². The highest BCUT2D eigenvalue weighted by molar-refractivity contribution is 5.94. The smallest absolute Gasteiger partial charge is 0.341 e. The molecule has 0 bridgehead atoms. The second-order valence-electron chi connectivity index (χ2n) is 3.81. The molecule has 100 valence electrons. The van der Waals surface area contributed by atoms with Crippen LogP contribution in [-0.4, -0.2) is 32.3 Å². The second-order valence-corrected chi connectivity index (χ2v) is 3.81. The first-order valence-electron chi connectivity index (χ1n) is 5.91. The summed E-state index contributed by atoms with van der Waals surface area (Å²) in [6, 6.07) is 3.36. The average molecular weight is 261 g/mol. The number of ether oxygens (including phenoxy) is 1. The summed E-state index contributed by atoms with van der Waals surface area (Å²) in [7, 11) is 1.79. The summed E-state index contributed by atoms with van der Waals surface area (Å²) in [5.74, 6) is 0.698. The molecule has 0 saturated heterocycles. The van der Waals surface area contributed by atoms with Crippen LogP contribution < -0.4 is 5.32 Å². The quantitative estimate of drug-likeness (QED) is 0.808. The summed E-state index contributed by atoms with van der Waals surface area (Å²) in [5, 5.41) is 7.17. The van der Waals surface area contributed by atoms with Gasteiger partial charge in [0.25, 0.3) is 0 Å². The topological polar surface area (TPSA) is 81.9 Å². The molecule has 0 fully saturated rings. The molecule has 0 atom stereocenters. The normalized spacial score (nSPS) is 10.2. The molecule has 2 heterocycles. The number of hydrogen-bond donors (Lipinski definition) is 1. The predicted octanol–water partition coefficient (Wildman–Crippen LogP) is 0.999. The van der Waals surface area contributed by atoms with Crippen molar-refractivity contribution < 1.29 is 9.53 Å². The standard InChI is InChI=1S/C12H15N5O2/c1-3-19-12(18)9-5-4-6-13-11(9)14-7-10-15-8-17(2)16-10/h4-6,8H,3,7H2,1-2H3,(H,13,14). The summed E-state index contributed by atoms with van der Waals surface area (Å²) < 4.78 is 6.58. The number of carbonyl (C=O) groups is 1. The predicted molar refractivity (Wildman–Crippen MR) is 68.5 cm³/mol. The zero-order chi connectivity index (χ0) is 13.7. The number of aryl methyl sites for hydroxylation is 1. The van der Waals surface area contributed by atoms with Gasteiger partial charge in [0.2, 0.25) is 0 Å². The summed E-state index contributed by atoms with van der Waals surface area (Å²) in [5.41, 5.74) is 0.403. The second kappa shape index (κ2) is 5.94. The van der Waals surface area contributed by atoms with E-state index in [1.54, 1.807) is 43.3 Å². The van der Waals surface area contributed by atoms with Crippen LogP contribution in [0.1, 0.15) is 23.1 Å². The Morgan fingerprint density at radius 1 is 1.47 bits per heavy atom. The van der Waals surface area contributed by atoms with Crippen molar-refractivity contribution in [3.63, 3.8) is 0 Å². The number of pyridine rings is 1. The lowest BCUT2D eigenvalue weighted by Gasteiger charge is -2.08. The van der Waals surface area contributed by atoms with E-state index in [-0.39, 0.29) is 0 Å². The molecule has 19 heavy (non-hydrogen) atoms. The van der Waals surface area contributed by atoms with Crippen LogP contribution in [0.15, 0.2) is 24.7 Å². The fourth-order valence-electron chi connectivity index (χ4n) is 1.55. The number of nitrogens with zero attached hydrogens (tertiary/aromatic N) is 4. The first kappa shape index (κ1) is 13.0. The Bertz CT molecular complexity index is 567. The molecule has 0 aliphatic heterocycles. The fraction of sp³-hybridized carbons (Fsp3) is 0.333. The Hall–Kier alpha value is -2.44. The number of aromatic nitrogens is 4. The monoisotopic (exact) mass is 261 g/mol. The van der Waals surface area contributed by atoms with E-state index in [2.05, 4.69) is 20.4 Å². The van der Waals surface area contributed by atoms with Crippen molar-refractivity contribution in [2.75, 3.05) is 11.9 Å². The molecule has 0 aliphatic carbocycles. The van der Waals surface area contributed by atoms with Gasteiger partial charge >= 0.3 is 5.97 Å². The van der Waals surface area contributed by atoms with Crippen LogP contribution in [0.5, 0.6) is 0 Å². The highest BCUT2D eigenvalue weighted by atomic mass is 16.5. The van der Waals surface area contributed by atoms with Crippen molar-refractivity contribution in [1.82, 2.24) is 19.7 Å². The molecule has 2 aromatic heterocycles. The summed E-state index contributed by atoms with van der Waals surface area (Å²) in [6.07, 6.45) is 3.22. The van der Waals surface area contributed by atoms with Crippen LogP contribution in [0.4, 0.5) is 5.82 Å². The highest BCUT2D eigenvalue weighted by Crippen LogP contribution is 2.13. The molecule has 0 unspecified atom stereocenters. The van der Waals surface area contributed by atoms with E-state index >= 15 is 0 Å². The van der Waals surface area contributed by atoms with Gasteiger partial charge in [0.05, 0.1) is 13.2 Å². The third kappa shape index (κ3) is 3.27. The van der Waals surface area contributed by atoms with E-state index < -0.39 is 5.97 Å². The van der Waals surface area contributed by atoms with E-state index in [9.17, 15) is 4.79 Å². The van der Waals surface area contributed by atoms with Crippen LogP contribution in [0.3, 0.4) is 0 Å². The summed E-state index contributed by atoms with van der Waals surface area (Å²) in [4.78, 5) is 20.0. The number of carbonyl (C=O) groups excluding carboxylic acids is 1. The van der Waals surface area contributed by atoms with Crippen molar-refractivity contribution in [3.05, 3.63) is 36.0 Å². The molecule has 0 radical (unpaired) electrons. The number of esters is 1. The first-order chi connectivity index (χ1) is 9.20. The Kier molecular flexibility index (Phi) is 4.07. The molecule has 0 spiro atoms. The fourth-order valence-corrected chi connectivity index (χ4v) is 1.55. The molecule has 0 amide bonds. The van der Waals surface area contributed by atoms with Crippen LogP contribution >= 0.6 is 0 Å². The zero-order valence-electron chi connectivity index (χ0n) is 10.8. The molecule has 0 aromatic carbocycles. The summed E-state index contributed by atoms with van der Waals surface area (Å²) >= 11 is 0. The SMILES string of the molecule is CCOC(=O)c1cccnc1NCc1ncn(C)n1. The lowest BCUT2D eigenvalue weighted by molar-refractivity contribution is 0.0527. The van der Waals surface area contributed by atoms with E-state index in [1.807, 2.05) is 0 Å². The van der Waals surface area contributed by atoms with Crippen molar-refractivity contribution in [2.45, 2.75) is 13.5 Å². The molecular weight excluding hydrogens is 246 g/mol. The average Bonchev–Trinajstić information content (AvgIpc) is 2.83. The molecule has 0 aliphatic rings. The maximum Gasteiger partial charge on any atom is 0.341 e. The highest BCUT2D eigenvalue weighted by Gasteiger charge is 2.13. The molecule has 7 heteroatoms. The van der Waals surface area contributed by atoms with Crippen molar-refractivity contribution in [3.8, 4) is 0 Å². The summed E-state index contributed by atoms with van der Waals surface area (Å²) in [6.45, 7) is 2.48. The minimum Gasteiger partial charge on any atom is -0.462 e. The Morgan fingerprint density at radius 3 is 3.00 bits per heavy atom. The van der Waals surface area contributed by atoms with E-state index in [0.717, 1.165) is 0 Å². The zero-order valence-corrected chi connectivity index (χ0v) is 10.8. The molecule has 7 nitrogen and oxygen atoms in total. The first-order valence-corrected chi connectivity index (χ1v) is 5.91. The van der Waals surface area contributed by atoms with Gasteiger partial charge in [-0.05, 0) is 19.1 Å².